The second-order valence-corrected chi connectivity index (χ2v) is 5.79. The van der Waals surface area contributed by atoms with Gasteiger partial charge >= 0.3 is 0 Å². The van der Waals surface area contributed by atoms with E-state index in [-0.39, 0.29) is 0 Å². The van der Waals surface area contributed by atoms with Crippen molar-refractivity contribution < 1.29 is 9.47 Å². The topological polar surface area (TPSA) is 30.5 Å². The summed E-state index contributed by atoms with van der Waals surface area (Å²) in [4.78, 5) is 0. The van der Waals surface area contributed by atoms with Gasteiger partial charge in [-0.2, -0.15) is 0 Å². The lowest BCUT2D eigenvalue weighted by Gasteiger charge is -2.12. The number of ether oxygens (including phenoxy) is 2. The third kappa shape index (κ3) is 2.98. The molecule has 0 saturated heterocycles. The summed E-state index contributed by atoms with van der Waals surface area (Å²) in [7, 11) is 0. The fraction of sp³-hybridized carbons (Fsp3) is 0.571. The number of nitrogens with one attached hydrogen (secondary N) is 1. The first-order valence-corrected chi connectivity index (χ1v) is 7.43. The van der Waals surface area contributed by atoms with E-state index in [9.17, 15) is 0 Å². The highest BCUT2D eigenvalue weighted by Crippen LogP contribution is 2.38. The van der Waals surface area contributed by atoms with Gasteiger partial charge in [0.15, 0.2) is 11.5 Å². The van der Waals surface area contributed by atoms with E-state index in [0.717, 1.165) is 54.6 Å². The van der Waals surface area contributed by atoms with Crippen LogP contribution in [-0.4, -0.2) is 25.8 Å². The molecule has 4 heteroatoms. The average molecular weight is 312 g/mol. The van der Waals surface area contributed by atoms with Gasteiger partial charge in [0.05, 0.1) is 17.7 Å². The maximum absolute atomic E-state index is 5.73. The van der Waals surface area contributed by atoms with Gasteiger partial charge in [-0.1, -0.05) is 0 Å². The van der Waals surface area contributed by atoms with E-state index >= 15 is 0 Å². The lowest BCUT2D eigenvalue weighted by atomic mass is 10.1. The molecule has 1 heterocycles. The highest BCUT2D eigenvalue weighted by atomic mass is 79.9. The maximum Gasteiger partial charge on any atom is 0.175 e. The van der Waals surface area contributed by atoms with Crippen molar-refractivity contribution in [2.24, 2.45) is 0 Å². The van der Waals surface area contributed by atoms with Crippen LogP contribution in [0.5, 0.6) is 11.5 Å². The molecule has 0 bridgehead atoms. The third-order valence-electron chi connectivity index (χ3n) is 3.29. The van der Waals surface area contributed by atoms with Crippen LogP contribution >= 0.6 is 15.9 Å². The molecule has 98 valence electrons. The van der Waals surface area contributed by atoms with Gasteiger partial charge in [0, 0.05) is 12.5 Å². The second-order valence-electron chi connectivity index (χ2n) is 4.93. The molecular weight excluding hydrogens is 294 g/mol. The average Bonchev–Trinajstić information content (AvgIpc) is 3.15. The smallest absolute Gasteiger partial charge is 0.175 e. The van der Waals surface area contributed by atoms with Crippen molar-refractivity contribution in [2.75, 3.05) is 19.8 Å². The highest BCUT2D eigenvalue weighted by molar-refractivity contribution is 9.10. The van der Waals surface area contributed by atoms with Crippen molar-refractivity contribution >= 4 is 15.9 Å². The molecule has 0 amide bonds. The van der Waals surface area contributed by atoms with Gasteiger partial charge in [-0.15, -0.1) is 0 Å². The molecule has 0 atom stereocenters. The van der Waals surface area contributed by atoms with Gasteiger partial charge in [0.25, 0.3) is 0 Å². The van der Waals surface area contributed by atoms with Crippen LogP contribution in [0.15, 0.2) is 16.6 Å². The molecule has 1 aromatic rings. The minimum absolute atomic E-state index is 0.730. The Kier molecular flexibility index (Phi) is 3.75. The van der Waals surface area contributed by atoms with Crippen LogP contribution in [0.2, 0.25) is 0 Å². The van der Waals surface area contributed by atoms with E-state index in [4.69, 9.17) is 9.47 Å². The van der Waals surface area contributed by atoms with Crippen LogP contribution < -0.4 is 14.8 Å². The maximum atomic E-state index is 5.73. The first-order chi connectivity index (χ1) is 8.83. The Morgan fingerprint density at radius 1 is 1.22 bits per heavy atom. The largest absolute Gasteiger partial charge is 0.490 e. The first kappa shape index (κ1) is 12.3. The van der Waals surface area contributed by atoms with Gasteiger partial charge in [-0.3, -0.25) is 0 Å². The third-order valence-corrected chi connectivity index (χ3v) is 3.88. The lowest BCUT2D eigenvalue weighted by molar-refractivity contribution is 0.296. The monoisotopic (exact) mass is 311 g/mol. The van der Waals surface area contributed by atoms with Crippen LogP contribution in [0, 0.1) is 0 Å². The molecule has 0 spiro atoms. The SMILES string of the molecule is Brc1cc(CCNC2CC2)cc2c1OCCCO2. The Morgan fingerprint density at radius 3 is 2.89 bits per heavy atom. The van der Waals surface area contributed by atoms with Crippen molar-refractivity contribution in [3.05, 3.63) is 22.2 Å². The minimum Gasteiger partial charge on any atom is -0.490 e. The van der Waals surface area contributed by atoms with Gasteiger partial charge in [-0.05, 0) is 59.4 Å². The van der Waals surface area contributed by atoms with Crippen LogP contribution in [0.1, 0.15) is 24.8 Å². The molecule has 0 radical (unpaired) electrons. The van der Waals surface area contributed by atoms with Crippen molar-refractivity contribution in [1.82, 2.24) is 5.32 Å². The molecule has 1 saturated carbocycles. The Morgan fingerprint density at radius 2 is 2.06 bits per heavy atom. The summed E-state index contributed by atoms with van der Waals surface area (Å²) >= 11 is 3.58. The predicted molar refractivity (Wildman–Crippen MR) is 74.5 cm³/mol. The van der Waals surface area contributed by atoms with E-state index in [1.54, 1.807) is 0 Å². The quantitative estimate of drug-likeness (QED) is 0.927. The fourth-order valence-electron chi connectivity index (χ4n) is 2.14. The molecule has 0 unspecified atom stereocenters. The number of fused-ring (bicyclic) bond motifs is 1. The molecule has 18 heavy (non-hydrogen) atoms. The molecule has 3 rings (SSSR count). The first-order valence-electron chi connectivity index (χ1n) is 6.64. The minimum atomic E-state index is 0.730. The number of halogens is 1. The molecule has 2 aliphatic rings. The van der Waals surface area contributed by atoms with Gasteiger partial charge in [-0.25, -0.2) is 0 Å². The summed E-state index contributed by atoms with van der Waals surface area (Å²) in [6, 6.07) is 5.02. The summed E-state index contributed by atoms with van der Waals surface area (Å²) in [6.07, 6.45) is 4.65. The highest BCUT2D eigenvalue weighted by Gasteiger charge is 2.20. The number of benzene rings is 1. The van der Waals surface area contributed by atoms with E-state index in [0.29, 0.717) is 0 Å². The Balaban J connectivity index is 1.70. The van der Waals surface area contributed by atoms with Gasteiger partial charge < -0.3 is 14.8 Å². The summed E-state index contributed by atoms with van der Waals surface area (Å²) in [5, 5.41) is 3.53. The van der Waals surface area contributed by atoms with Crippen molar-refractivity contribution in [3.63, 3.8) is 0 Å². The van der Waals surface area contributed by atoms with E-state index < -0.39 is 0 Å². The zero-order valence-corrected chi connectivity index (χ0v) is 12.0. The zero-order chi connectivity index (χ0) is 12.4. The summed E-state index contributed by atoms with van der Waals surface area (Å²) in [5.41, 5.74) is 1.29. The van der Waals surface area contributed by atoms with Gasteiger partial charge in [0.1, 0.15) is 0 Å². The standard InChI is InChI=1S/C14H18BrNO2/c15-12-8-10(4-5-16-11-2-3-11)9-13-14(12)18-7-1-6-17-13/h8-9,11,16H,1-7H2. The molecule has 1 N–H and O–H groups in total. The summed E-state index contributed by atoms with van der Waals surface area (Å²) in [5.74, 6) is 1.73. The molecular formula is C14H18BrNO2. The Bertz CT molecular complexity index is 432. The van der Waals surface area contributed by atoms with E-state index in [1.807, 2.05) is 0 Å². The van der Waals surface area contributed by atoms with Gasteiger partial charge in [0.2, 0.25) is 0 Å². The second kappa shape index (κ2) is 5.49. The number of rotatable bonds is 4. The van der Waals surface area contributed by atoms with Crippen LogP contribution in [-0.2, 0) is 6.42 Å². The molecule has 1 aliphatic heterocycles. The lowest BCUT2D eigenvalue weighted by Crippen LogP contribution is -2.19. The van der Waals surface area contributed by atoms with Crippen molar-refractivity contribution in [1.29, 1.82) is 0 Å². The Hall–Kier alpha value is -0.740. The molecule has 1 aliphatic carbocycles. The molecule has 0 aromatic heterocycles. The fourth-order valence-corrected chi connectivity index (χ4v) is 2.74. The zero-order valence-electron chi connectivity index (χ0n) is 10.4. The van der Waals surface area contributed by atoms with Crippen LogP contribution in [0.3, 0.4) is 0 Å². The van der Waals surface area contributed by atoms with Crippen molar-refractivity contribution in [3.8, 4) is 11.5 Å². The van der Waals surface area contributed by atoms with Crippen LogP contribution in [0.25, 0.3) is 0 Å². The summed E-state index contributed by atoms with van der Waals surface area (Å²) < 4.78 is 12.4. The summed E-state index contributed by atoms with van der Waals surface area (Å²) in [6.45, 7) is 2.51. The molecule has 1 fully saturated rings. The number of hydrogen-bond acceptors (Lipinski definition) is 3. The van der Waals surface area contributed by atoms with E-state index in [2.05, 4.69) is 33.4 Å². The number of hydrogen-bond donors (Lipinski definition) is 1. The molecule has 3 nitrogen and oxygen atoms in total. The van der Waals surface area contributed by atoms with Crippen LogP contribution in [0.4, 0.5) is 0 Å². The normalized spacial score (nSPS) is 18.5. The van der Waals surface area contributed by atoms with Crippen molar-refractivity contribution in [2.45, 2.75) is 31.7 Å². The Labute approximate surface area is 116 Å². The predicted octanol–water partition coefficient (Wildman–Crippen LogP) is 2.90. The molecule has 1 aromatic carbocycles. The van der Waals surface area contributed by atoms with E-state index in [1.165, 1.54) is 18.4 Å².